The molecule has 1 atom stereocenters. The average molecular weight is 290 g/mol. The van der Waals surface area contributed by atoms with Crippen LogP contribution in [0.15, 0.2) is 18.2 Å². The molecule has 0 aliphatic heterocycles. The van der Waals surface area contributed by atoms with Crippen LogP contribution in [0, 0.1) is 0 Å². The van der Waals surface area contributed by atoms with Gasteiger partial charge in [0.25, 0.3) is 0 Å². The summed E-state index contributed by atoms with van der Waals surface area (Å²) < 4.78 is 0. The summed E-state index contributed by atoms with van der Waals surface area (Å²) in [6, 6.07) is 6.03. The number of hydrogen-bond donors (Lipinski definition) is 0. The molecule has 1 nitrogen and oxygen atoms in total. The molecule has 3 heteroatoms. The molecular formula is C12H14BrClO. The van der Waals surface area contributed by atoms with Gasteiger partial charge < -0.3 is 0 Å². The lowest BCUT2D eigenvalue weighted by atomic mass is 9.96. The number of hydrogen-bond acceptors (Lipinski definition) is 1. The molecule has 0 heterocycles. The van der Waals surface area contributed by atoms with Gasteiger partial charge in [-0.1, -0.05) is 41.1 Å². The van der Waals surface area contributed by atoms with Crippen molar-refractivity contribution in [1.29, 1.82) is 0 Å². The van der Waals surface area contributed by atoms with E-state index in [4.69, 9.17) is 11.6 Å². The van der Waals surface area contributed by atoms with Crippen molar-refractivity contribution in [2.45, 2.75) is 31.0 Å². The number of ketones is 1. The molecule has 0 spiro atoms. The lowest BCUT2D eigenvalue weighted by molar-refractivity contribution is -0.116. The van der Waals surface area contributed by atoms with Gasteiger partial charge in [-0.05, 0) is 30.0 Å². The Morgan fingerprint density at radius 2 is 2.07 bits per heavy atom. The summed E-state index contributed by atoms with van der Waals surface area (Å²) in [4.78, 5) is 11.3. The van der Waals surface area contributed by atoms with Gasteiger partial charge in [0.2, 0.25) is 0 Å². The van der Waals surface area contributed by atoms with E-state index in [1.807, 2.05) is 18.2 Å². The molecule has 0 fully saturated rings. The normalized spacial score (nSPS) is 12.5. The van der Waals surface area contributed by atoms with Crippen molar-refractivity contribution >= 4 is 33.3 Å². The minimum Gasteiger partial charge on any atom is -0.298 e. The minimum absolute atomic E-state index is 0.000216. The standard InChI is InChI=1S/C12H14BrClO/c1-3-9-5-4-6-10(7-13)11(9)12(14)8(2)15/h4-6,12H,3,7H2,1-2H3. The summed E-state index contributed by atoms with van der Waals surface area (Å²) in [5.74, 6) is -0.000216. The molecule has 1 unspecified atom stereocenters. The van der Waals surface area contributed by atoms with Crippen LogP contribution in [0.1, 0.15) is 35.9 Å². The fourth-order valence-electron chi connectivity index (χ4n) is 1.62. The predicted octanol–water partition coefficient (Wildman–Crippen LogP) is 4.01. The van der Waals surface area contributed by atoms with Crippen molar-refractivity contribution in [1.82, 2.24) is 0 Å². The van der Waals surface area contributed by atoms with Crippen molar-refractivity contribution in [2.75, 3.05) is 0 Å². The van der Waals surface area contributed by atoms with Crippen LogP contribution >= 0.6 is 27.5 Å². The van der Waals surface area contributed by atoms with Gasteiger partial charge in [-0.3, -0.25) is 4.79 Å². The van der Waals surface area contributed by atoms with Crippen LogP contribution in [0.4, 0.5) is 0 Å². The molecular weight excluding hydrogens is 275 g/mol. The number of alkyl halides is 2. The van der Waals surface area contributed by atoms with Gasteiger partial charge in [0.15, 0.2) is 5.78 Å². The van der Waals surface area contributed by atoms with Gasteiger partial charge in [-0.2, -0.15) is 0 Å². The summed E-state index contributed by atoms with van der Waals surface area (Å²) in [6.07, 6.45) is 0.896. The fourth-order valence-corrected chi connectivity index (χ4v) is 2.39. The Hall–Kier alpha value is -0.340. The molecule has 82 valence electrons. The average Bonchev–Trinajstić information content (AvgIpc) is 2.26. The van der Waals surface area contributed by atoms with Crippen LogP contribution in [0.5, 0.6) is 0 Å². The molecule has 0 bridgehead atoms. The second-order valence-electron chi connectivity index (χ2n) is 3.45. The lowest BCUT2D eigenvalue weighted by Crippen LogP contribution is -2.08. The van der Waals surface area contributed by atoms with Crippen molar-refractivity contribution in [3.8, 4) is 0 Å². The number of benzene rings is 1. The maximum atomic E-state index is 11.3. The zero-order chi connectivity index (χ0) is 11.4. The third kappa shape index (κ3) is 2.82. The smallest absolute Gasteiger partial charge is 0.152 e. The monoisotopic (exact) mass is 288 g/mol. The van der Waals surface area contributed by atoms with E-state index in [9.17, 15) is 4.79 Å². The SMILES string of the molecule is CCc1cccc(CBr)c1C(Cl)C(C)=O. The van der Waals surface area contributed by atoms with E-state index in [1.54, 1.807) is 0 Å². The van der Waals surface area contributed by atoms with Crippen LogP contribution in [-0.2, 0) is 16.5 Å². The van der Waals surface area contributed by atoms with E-state index in [2.05, 4.69) is 22.9 Å². The number of carbonyl (C=O) groups excluding carboxylic acids is 1. The Labute approximate surface area is 104 Å². The predicted molar refractivity (Wildman–Crippen MR) is 67.7 cm³/mol. The van der Waals surface area contributed by atoms with E-state index in [1.165, 1.54) is 6.92 Å². The second-order valence-corrected chi connectivity index (χ2v) is 4.45. The summed E-state index contributed by atoms with van der Waals surface area (Å²) in [5.41, 5.74) is 3.23. The highest BCUT2D eigenvalue weighted by molar-refractivity contribution is 9.08. The first-order valence-electron chi connectivity index (χ1n) is 4.93. The molecule has 1 aromatic rings. The highest BCUT2D eigenvalue weighted by atomic mass is 79.9. The number of aryl methyl sites for hydroxylation is 1. The summed E-state index contributed by atoms with van der Waals surface area (Å²) in [5, 5.41) is 0.209. The fraction of sp³-hybridized carbons (Fsp3) is 0.417. The third-order valence-corrected chi connectivity index (χ3v) is 3.55. The number of rotatable bonds is 4. The Bertz CT molecular complexity index is 340. The molecule has 0 aliphatic rings. The van der Waals surface area contributed by atoms with E-state index in [0.29, 0.717) is 0 Å². The van der Waals surface area contributed by atoms with E-state index in [-0.39, 0.29) is 5.78 Å². The molecule has 0 N–H and O–H groups in total. The van der Waals surface area contributed by atoms with Crippen molar-refractivity contribution in [3.05, 3.63) is 34.9 Å². The van der Waals surface area contributed by atoms with E-state index < -0.39 is 5.38 Å². The van der Waals surface area contributed by atoms with E-state index >= 15 is 0 Å². The lowest BCUT2D eigenvalue weighted by Gasteiger charge is -2.15. The van der Waals surface area contributed by atoms with Crippen LogP contribution in [-0.4, -0.2) is 5.78 Å². The van der Waals surface area contributed by atoms with Crippen molar-refractivity contribution < 1.29 is 4.79 Å². The van der Waals surface area contributed by atoms with Crippen molar-refractivity contribution in [2.24, 2.45) is 0 Å². The first-order chi connectivity index (χ1) is 7.11. The molecule has 15 heavy (non-hydrogen) atoms. The zero-order valence-corrected chi connectivity index (χ0v) is 11.2. The molecule has 0 amide bonds. The highest BCUT2D eigenvalue weighted by Gasteiger charge is 2.19. The molecule has 1 rings (SSSR count). The van der Waals surface area contributed by atoms with Crippen molar-refractivity contribution in [3.63, 3.8) is 0 Å². The van der Waals surface area contributed by atoms with Gasteiger partial charge >= 0.3 is 0 Å². The van der Waals surface area contributed by atoms with Crippen LogP contribution in [0.2, 0.25) is 0 Å². The highest BCUT2D eigenvalue weighted by Crippen LogP contribution is 2.30. The third-order valence-electron chi connectivity index (χ3n) is 2.42. The number of Topliss-reactive ketones (excluding diaryl/α,β-unsaturated/α-hetero) is 1. The summed E-state index contributed by atoms with van der Waals surface area (Å²) >= 11 is 9.56. The molecule has 0 radical (unpaired) electrons. The summed E-state index contributed by atoms with van der Waals surface area (Å²) in [7, 11) is 0. The number of halogens is 2. The molecule has 0 aliphatic carbocycles. The summed E-state index contributed by atoms with van der Waals surface area (Å²) in [6.45, 7) is 3.60. The Balaban J connectivity index is 3.27. The van der Waals surface area contributed by atoms with Gasteiger partial charge in [0.1, 0.15) is 5.38 Å². The van der Waals surface area contributed by atoms with Crippen LogP contribution in [0.25, 0.3) is 0 Å². The first-order valence-corrected chi connectivity index (χ1v) is 6.48. The second kappa shape index (κ2) is 5.66. The topological polar surface area (TPSA) is 17.1 Å². The molecule has 0 saturated carbocycles. The van der Waals surface area contributed by atoms with Gasteiger partial charge in [-0.25, -0.2) is 0 Å². The minimum atomic E-state index is -0.520. The molecule has 0 aromatic heterocycles. The maximum Gasteiger partial charge on any atom is 0.152 e. The Kier molecular flexibility index (Phi) is 4.81. The Morgan fingerprint density at radius 1 is 1.47 bits per heavy atom. The van der Waals surface area contributed by atoms with Gasteiger partial charge in [0.05, 0.1) is 0 Å². The number of carbonyl (C=O) groups is 1. The van der Waals surface area contributed by atoms with Crippen LogP contribution in [0.3, 0.4) is 0 Å². The van der Waals surface area contributed by atoms with Crippen LogP contribution < -0.4 is 0 Å². The zero-order valence-electron chi connectivity index (χ0n) is 8.89. The first kappa shape index (κ1) is 12.7. The largest absolute Gasteiger partial charge is 0.298 e. The maximum absolute atomic E-state index is 11.3. The molecule has 1 aromatic carbocycles. The quantitative estimate of drug-likeness (QED) is 0.765. The van der Waals surface area contributed by atoms with Gasteiger partial charge in [-0.15, -0.1) is 11.6 Å². The van der Waals surface area contributed by atoms with Gasteiger partial charge in [0, 0.05) is 5.33 Å². The molecule has 0 saturated heterocycles. The van der Waals surface area contributed by atoms with E-state index in [0.717, 1.165) is 28.4 Å². The Morgan fingerprint density at radius 3 is 2.53 bits per heavy atom.